The lowest BCUT2D eigenvalue weighted by Gasteiger charge is -2.18. The zero-order chi connectivity index (χ0) is 22.9. The Hall–Kier alpha value is -3.30. The molecule has 8 nitrogen and oxygen atoms in total. The van der Waals surface area contributed by atoms with Gasteiger partial charge < -0.3 is 5.32 Å². The van der Waals surface area contributed by atoms with Gasteiger partial charge in [0.05, 0.1) is 40.1 Å². The first-order valence-corrected chi connectivity index (χ1v) is 12.1. The van der Waals surface area contributed by atoms with Gasteiger partial charge in [0.25, 0.3) is 5.91 Å². The van der Waals surface area contributed by atoms with Gasteiger partial charge in [0.2, 0.25) is 0 Å². The Labute approximate surface area is 190 Å². The van der Waals surface area contributed by atoms with Crippen molar-refractivity contribution in [3.63, 3.8) is 0 Å². The fourth-order valence-electron chi connectivity index (χ4n) is 3.40. The predicted octanol–water partition coefficient (Wildman–Crippen LogP) is 3.75. The molecule has 3 heterocycles. The van der Waals surface area contributed by atoms with Crippen LogP contribution in [-0.2, 0) is 9.84 Å². The van der Waals surface area contributed by atoms with Crippen molar-refractivity contribution in [3.05, 3.63) is 77.5 Å². The fourth-order valence-corrected chi connectivity index (χ4v) is 4.13. The summed E-state index contributed by atoms with van der Waals surface area (Å²) in [5, 5.41) is 8.63. The van der Waals surface area contributed by atoms with Crippen LogP contribution < -0.4 is 5.32 Å². The maximum Gasteiger partial charge on any atom is 0.254 e. The van der Waals surface area contributed by atoms with Crippen LogP contribution in [0.2, 0.25) is 5.02 Å². The molecule has 0 fully saturated rings. The molecule has 0 saturated carbocycles. The monoisotopic (exact) mass is 469 g/mol. The summed E-state index contributed by atoms with van der Waals surface area (Å²) in [6, 6.07) is 8.30. The average molecular weight is 470 g/mol. The van der Waals surface area contributed by atoms with E-state index in [4.69, 9.17) is 11.6 Å². The number of fused-ring (bicyclic) bond motifs is 1. The molecule has 1 aromatic carbocycles. The van der Waals surface area contributed by atoms with Crippen molar-refractivity contribution in [2.24, 2.45) is 0 Å². The molecule has 4 rings (SSSR count). The summed E-state index contributed by atoms with van der Waals surface area (Å²) in [5.74, 6) is -0.338. The number of carbonyl (C=O) groups is 1. The average Bonchev–Trinajstić information content (AvgIpc) is 3.21. The van der Waals surface area contributed by atoms with Gasteiger partial charge in [-0.3, -0.25) is 14.8 Å². The van der Waals surface area contributed by atoms with Gasteiger partial charge in [0.15, 0.2) is 9.84 Å². The Bertz CT molecular complexity index is 1400. The van der Waals surface area contributed by atoms with E-state index in [9.17, 15) is 13.2 Å². The van der Waals surface area contributed by atoms with E-state index in [2.05, 4.69) is 20.4 Å². The smallest absolute Gasteiger partial charge is 0.254 e. The highest BCUT2D eigenvalue weighted by atomic mass is 35.5. The van der Waals surface area contributed by atoms with Gasteiger partial charge in [-0.15, -0.1) is 0 Å². The Morgan fingerprint density at radius 2 is 1.81 bits per heavy atom. The highest BCUT2D eigenvalue weighted by Gasteiger charge is 2.20. The molecule has 0 bridgehead atoms. The number of benzene rings is 1. The quantitative estimate of drug-likeness (QED) is 0.460. The predicted molar refractivity (Wildman–Crippen MR) is 122 cm³/mol. The third-order valence-electron chi connectivity index (χ3n) is 5.09. The van der Waals surface area contributed by atoms with Crippen LogP contribution in [0, 0.1) is 0 Å². The second kappa shape index (κ2) is 8.68. The lowest BCUT2D eigenvalue weighted by Crippen LogP contribution is -2.28. The van der Waals surface area contributed by atoms with Crippen molar-refractivity contribution >= 4 is 38.2 Å². The molecule has 0 aliphatic carbocycles. The van der Waals surface area contributed by atoms with Gasteiger partial charge in [-0.05, 0) is 42.3 Å². The topological polar surface area (TPSA) is 107 Å². The molecule has 1 amide bonds. The summed E-state index contributed by atoms with van der Waals surface area (Å²) in [6.07, 6.45) is 9.27. The van der Waals surface area contributed by atoms with E-state index in [-0.39, 0.29) is 10.8 Å². The lowest BCUT2D eigenvalue weighted by molar-refractivity contribution is 0.0937. The Morgan fingerprint density at radius 1 is 1.09 bits per heavy atom. The van der Waals surface area contributed by atoms with Crippen LogP contribution in [0.4, 0.5) is 0 Å². The molecule has 0 unspecified atom stereocenters. The third kappa shape index (κ3) is 4.35. The van der Waals surface area contributed by atoms with Crippen molar-refractivity contribution in [2.45, 2.75) is 24.3 Å². The van der Waals surface area contributed by atoms with Crippen LogP contribution in [0.25, 0.3) is 16.6 Å². The first-order valence-electron chi connectivity index (χ1n) is 9.81. The largest absolute Gasteiger partial charge is 0.345 e. The van der Waals surface area contributed by atoms with Crippen molar-refractivity contribution in [2.75, 3.05) is 6.26 Å². The number of pyridine rings is 2. The first kappa shape index (κ1) is 21.9. The zero-order valence-electron chi connectivity index (χ0n) is 17.4. The van der Waals surface area contributed by atoms with Gasteiger partial charge in [0.1, 0.15) is 0 Å². The fraction of sp³-hybridized carbons (Fsp3) is 0.182. The molecule has 0 aliphatic rings. The van der Waals surface area contributed by atoms with E-state index in [0.717, 1.165) is 11.9 Å². The second-order valence-corrected chi connectivity index (χ2v) is 9.77. The van der Waals surface area contributed by atoms with Crippen molar-refractivity contribution in [1.29, 1.82) is 0 Å². The molecule has 3 aromatic heterocycles. The number of hydrogen-bond donors (Lipinski definition) is 1. The molecule has 1 atom stereocenters. The van der Waals surface area contributed by atoms with Gasteiger partial charge in [-0.1, -0.05) is 18.5 Å². The summed E-state index contributed by atoms with van der Waals surface area (Å²) in [4.78, 5) is 21.5. The SMILES string of the molecule is CC[C@H](NC(=O)c1cncc2c1cnn2-c1ccc(Cl)cc1)c1cncc(S(C)(=O)=O)c1. The number of nitrogens with one attached hydrogen (secondary N) is 1. The summed E-state index contributed by atoms with van der Waals surface area (Å²) in [5.41, 5.74) is 2.45. The van der Waals surface area contributed by atoms with Crippen LogP contribution >= 0.6 is 11.6 Å². The standard InChI is InChI=1S/C22H20ClN5O3S/c1-3-20(14-8-17(10-24-9-14)32(2,30)31)27-22(29)19-11-25-13-21-18(19)12-26-28(21)16-6-4-15(23)5-7-16/h4-13,20H,3H2,1-2H3,(H,27,29)/t20-/m0/s1. The maximum atomic E-state index is 13.1. The van der Waals surface area contributed by atoms with Crippen molar-refractivity contribution < 1.29 is 13.2 Å². The first-order chi connectivity index (χ1) is 15.3. The highest BCUT2D eigenvalue weighted by Crippen LogP contribution is 2.24. The molecule has 164 valence electrons. The minimum atomic E-state index is -3.41. The van der Waals surface area contributed by atoms with Gasteiger partial charge in [-0.25, -0.2) is 13.1 Å². The Morgan fingerprint density at radius 3 is 2.50 bits per heavy atom. The molecule has 1 N–H and O–H groups in total. The maximum absolute atomic E-state index is 13.1. The molecule has 32 heavy (non-hydrogen) atoms. The highest BCUT2D eigenvalue weighted by molar-refractivity contribution is 7.90. The molecule has 0 aliphatic heterocycles. The second-order valence-electron chi connectivity index (χ2n) is 7.31. The van der Waals surface area contributed by atoms with Gasteiger partial charge in [-0.2, -0.15) is 5.10 Å². The Kier molecular flexibility index (Phi) is 5.94. The minimum absolute atomic E-state index is 0.107. The van der Waals surface area contributed by atoms with E-state index in [0.29, 0.717) is 33.5 Å². The minimum Gasteiger partial charge on any atom is -0.345 e. The molecule has 10 heteroatoms. The zero-order valence-corrected chi connectivity index (χ0v) is 18.9. The number of rotatable bonds is 6. The van der Waals surface area contributed by atoms with E-state index in [1.165, 1.54) is 18.5 Å². The number of halogens is 1. The van der Waals surface area contributed by atoms with Crippen LogP contribution in [-0.4, -0.2) is 40.3 Å². The van der Waals surface area contributed by atoms with E-state index in [1.807, 2.05) is 19.1 Å². The molecular formula is C22H20ClN5O3S. The molecule has 0 spiro atoms. The molecular weight excluding hydrogens is 450 g/mol. The number of amides is 1. The third-order valence-corrected chi connectivity index (χ3v) is 6.42. The number of aromatic nitrogens is 4. The van der Waals surface area contributed by atoms with Gasteiger partial charge >= 0.3 is 0 Å². The van der Waals surface area contributed by atoms with Crippen LogP contribution in [0.1, 0.15) is 35.3 Å². The summed E-state index contributed by atoms with van der Waals surface area (Å²) < 4.78 is 25.4. The number of nitrogens with zero attached hydrogens (tertiary/aromatic N) is 4. The van der Waals surface area contributed by atoms with Crippen LogP contribution in [0.5, 0.6) is 0 Å². The van der Waals surface area contributed by atoms with Crippen LogP contribution in [0.15, 0.2) is 66.2 Å². The summed E-state index contributed by atoms with van der Waals surface area (Å²) >= 11 is 5.97. The molecule has 0 saturated heterocycles. The van der Waals surface area contributed by atoms with Crippen LogP contribution in [0.3, 0.4) is 0 Å². The van der Waals surface area contributed by atoms with Gasteiger partial charge in [0, 0.05) is 35.3 Å². The normalized spacial score (nSPS) is 12.6. The molecule has 0 radical (unpaired) electrons. The van der Waals surface area contributed by atoms with Crippen molar-refractivity contribution in [3.8, 4) is 5.69 Å². The summed E-state index contributed by atoms with van der Waals surface area (Å²) in [6.45, 7) is 1.90. The summed E-state index contributed by atoms with van der Waals surface area (Å²) in [7, 11) is -3.41. The van der Waals surface area contributed by atoms with Crippen molar-refractivity contribution in [1.82, 2.24) is 25.1 Å². The number of hydrogen-bond acceptors (Lipinski definition) is 6. The lowest BCUT2D eigenvalue weighted by atomic mass is 10.1. The number of sulfone groups is 1. The van der Waals surface area contributed by atoms with E-state index < -0.39 is 15.9 Å². The Balaban J connectivity index is 1.66. The van der Waals surface area contributed by atoms with E-state index >= 15 is 0 Å². The number of carbonyl (C=O) groups excluding carboxylic acids is 1. The van der Waals surface area contributed by atoms with E-state index in [1.54, 1.807) is 35.4 Å². The molecule has 4 aromatic rings.